The Balaban J connectivity index is 1.86. The van der Waals surface area contributed by atoms with Gasteiger partial charge in [-0.1, -0.05) is 36.4 Å². The Kier molecular flexibility index (Phi) is 8.37. The van der Waals surface area contributed by atoms with E-state index in [2.05, 4.69) is 15.7 Å². The topological polar surface area (TPSA) is 94.5 Å². The summed E-state index contributed by atoms with van der Waals surface area (Å²) in [5, 5.41) is 10.0. The number of rotatable bonds is 10. The molecule has 0 spiro atoms. The summed E-state index contributed by atoms with van der Waals surface area (Å²) in [6.07, 6.45) is 0.0236. The van der Waals surface area contributed by atoms with Crippen LogP contribution in [0.4, 0.5) is 4.39 Å². The van der Waals surface area contributed by atoms with Crippen LogP contribution >= 0.6 is 0 Å². The molecule has 1 heterocycles. The molecule has 3 aromatic rings. The summed E-state index contributed by atoms with van der Waals surface area (Å²) in [6.45, 7) is 4.13. The number of hydrogen-bond acceptors (Lipinski definition) is 5. The van der Waals surface area contributed by atoms with Crippen molar-refractivity contribution < 1.29 is 23.5 Å². The number of ether oxygens (including phenoxy) is 2. The maximum atomic E-state index is 14.3. The average Bonchev–Trinajstić information content (AvgIpc) is 3.24. The number of methoxy groups -OCH3 is 2. The van der Waals surface area contributed by atoms with E-state index in [0.29, 0.717) is 6.61 Å². The van der Waals surface area contributed by atoms with E-state index in [4.69, 9.17) is 9.47 Å². The largest absolute Gasteiger partial charge is 0.481 e. The third-order valence-electron chi connectivity index (χ3n) is 5.28. The van der Waals surface area contributed by atoms with Crippen molar-refractivity contribution in [3.63, 3.8) is 0 Å². The number of para-hydroxylation sites is 1. The number of hydrogen-bond donors (Lipinski definition) is 2. The van der Waals surface area contributed by atoms with Gasteiger partial charge in [-0.2, -0.15) is 9.78 Å². The first kappa shape index (κ1) is 24.9. The molecule has 0 aliphatic carbocycles. The highest BCUT2D eigenvalue weighted by molar-refractivity contribution is 5.93. The Labute approximate surface area is 198 Å². The molecule has 0 unspecified atom stereocenters. The lowest BCUT2D eigenvalue weighted by Gasteiger charge is -2.21. The van der Waals surface area contributed by atoms with E-state index in [-0.39, 0.29) is 35.6 Å². The standard InChI is InChI=1S/C25H29FN4O4/c1-16-9-5-6-10-18(16)20(13-23(31)27-17(2)15-33-3)28-25(32)21-14-24(34-4)30(29-21)22-12-8-7-11-19(22)26/h5-12,14,17,20H,13,15H2,1-4H3,(H,27,31)(H,28,32)/t17-,20-/m0/s1. The zero-order chi connectivity index (χ0) is 24.7. The molecule has 2 aromatic carbocycles. The lowest BCUT2D eigenvalue weighted by atomic mass is 9.98. The molecular formula is C25H29FN4O4. The van der Waals surface area contributed by atoms with Crippen molar-refractivity contribution in [2.24, 2.45) is 0 Å². The smallest absolute Gasteiger partial charge is 0.272 e. The minimum Gasteiger partial charge on any atom is -0.481 e. The molecule has 0 fully saturated rings. The predicted molar refractivity (Wildman–Crippen MR) is 126 cm³/mol. The first-order chi connectivity index (χ1) is 16.3. The summed E-state index contributed by atoms with van der Waals surface area (Å²) < 4.78 is 25.9. The second-order valence-electron chi connectivity index (χ2n) is 7.95. The van der Waals surface area contributed by atoms with Crippen LogP contribution < -0.4 is 15.4 Å². The minimum absolute atomic E-state index is 0.0236. The molecule has 8 nitrogen and oxygen atoms in total. The molecule has 0 saturated heterocycles. The van der Waals surface area contributed by atoms with Gasteiger partial charge in [0.05, 0.1) is 26.2 Å². The number of aryl methyl sites for hydroxylation is 1. The van der Waals surface area contributed by atoms with Crippen LogP contribution in [0.1, 0.15) is 41.0 Å². The van der Waals surface area contributed by atoms with Crippen molar-refractivity contribution in [1.82, 2.24) is 20.4 Å². The molecule has 2 N–H and O–H groups in total. The molecule has 0 bridgehead atoms. The number of nitrogens with zero attached hydrogens (tertiary/aromatic N) is 2. The molecule has 34 heavy (non-hydrogen) atoms. The van der Waals surface area contributed by atoms with Crippen molar-refractivity contribution in [2.45, 2.75) is 32.4 Å². The Morgan fingerprint density at radius 1 is 1.09 bits per heavy atom. The van der Waals surface area contributed by atoms with Crippen molar-refractivity contribution in [3.05, 3.63) is 77.2 Å². The molecule has 0 saturated carbocycles. The van der Waals surface area contributed by atoms with Gasteiger partial charge in [-0.3, -0.25) is 9.59 Å². The zero-order valence-electron chi connectivity index (χ0n) is 19.7. The fourth-order valence-electron chi connectivity index (χ4n) is 3.68. The Morgan fingerprint density at radius 2 is 1.79 bits per heavy atom. The highest BCUT2D eigenvalue weighted by Gasteiger charge is 2.24. The van der Waals surface area contributed by atoms with Gasteiger partial charge in [0.1, 0.15) is 11.5 Å². The van der Waals surface area contributed by atoms with Crippen molar-refractivity contribution in [2.75, 3.05) is 20.8 Å². The average molecular weight is 469 g/mol. The van der Waals surface area contributed by atoms with E-state index < -0.39 is 17.8 Å². The third kappa shape index (κ3) is 5.99. The molecule has 2 amide bonds. The molecule has 1 aromatic heterocycles. The van der Waals surface area contributed by atoms with Crippen LogP contribution in [0.15, 0.2) is 54.6 Å². The third-order valence-corrected chi connectivity index (χ3v) is 5.28. The maximum absolute atomic E-state index is 14.3. The highest BCUT2D eigenvalue weighted by atomic mass is 19.1. The van der Waals surface area contributed by atoms with Crippen molar-refractivity contribution in [3.8, 4) is 11.6 Å². The summed E-state index contributed by atoms with van der Waals surface area (Å²) in [6, 6.07) is 14.2. The summed E-state index contributed by atoms with van der Waals surface area (Å²) in [7, 11) is 2.98. The Morgan fingerprint density at radius 3 is 2.47 bits per heavy atom. The fraction of sp³-hybridized carbons (Fsp3) is 0.320. The van der Waals surface area contributed by atoms with E-state index in [9.17, 15) is 14.0 Å². The zero-order valence-corrected chi connectivity index (χ0v) is 19.7. The second-order valence-corrected chi connectivity index (χ2v) is 7.95. The highest BCUT2D eigenvalue weighted by Crippen LogP contribution is 2.24. The van der Waals surface area contributed by atoms with E-state index >= 15 is 0 Å². The lowest BCUT2D eigenvalue weighted by molar-refractivity contribution is -0.122. The number of benzene rings is 2. The molecule has 0 aliphatic rings. The van der Waals surface area contributed by atoms with Gasteiger partial charge in [0.15, 0.2) is 5.69 Å². The van der Waals surface area contributed by atoms with Gasteiger partial charge in [-0.15, -0.1) is 0 Å². The molecule has 0 aliphatic heterocycles. The van der Waals surface area contributed by atoms with Crippen LogP contribution in [-0.2, 0) is 9.53 Å². The van der Waals surface area contributed by atoms with Crippen LogP contribution in [0, 0.1) is 12.7 Å². The van der Waals surface area contributed by atoms with Gasteiger partial charge in [-0.05, 0) is 37.1 Å². The lowest BCUT2D eigenvalue weighted by Crippen LogP contribution is -2.39. The van der Waals surface area contributed by atoms with Crippen molar-refractivity contribution >= 4 is 11.8 Å². The number of halogens is 1. The molecule has 3 rings (SSSR count). The summed E-state index contributed by atoms with van der Waals surface area (Å²) >= 11 is 0. The quantitative estimate of drug-likeness (QED) is 0.476. The van der Waals surface area contributed by atoms with E-state index in [1.165, 1.54) is 30.0 Å². The number of carbonyl (C=O) groups excluding carboxylic acids is 2. The molecule has 180 valence electrons. The van der Waals surface area contributed by atoms with E-state index in [0.717, 1.165) is 11.1 Å². The maximum Gasteiger partial charge on any atom is 0.272 e. The first-order valence-electron chi connectivity index (χ1n) is 10.9. The monoisotopic (exact) mass is 468 g/mol. The number of nitrogens with one attached hydrogen (secondary N) is 2. The first-order valence-corrected chi connectivity index (χ1v) is 10.9. The van der Waals surface area contributed by atoms with Crippen molar-refractivity contribution in [1.29, 1.82) is 0 Å². The van der Waals surface area contributed by atoms with Crippen LogP contribution in [0.2, 0.25) is 0 Å². The van der Waals surface area contributed by atoms with Gasteiger partial charge in [-0.25, -0.2) is 4.39 Å². The fourth-order valence-corrected chi connectivity index (χ4v) is 3.68. The number of aromatic nitrogens is 2. The van der Waals surface area contributed by atoms with Crippen LogP contribution in [0.5, 0.6) is 5.88 Å². The van der Waals surface area contributed by atoms with E-state index in [1.54, 1.807) is 19.2 Å². The summed E-state index contributed by atoms with van der Waals surface area (Å²) in [5.41, 5.74) is 1.93. The molecule has 2 atom stereocenters. The van der Waals surface area contributed by atoms with Crippen LogP contribution in [0.25, 0.3) is 5.69 Å². The molecular weight excluding hydrogens is 439 g/mol. The van der Waals surface area contributed by atoms with Crippen LogP contribution in [-0.4, -0.2) is 48.5 Å². The van der Waals surface area contributed by atoms with Gasteiger partial charge >= 0.3 is 0 Å². The molecule has 9 heteroatoms. The van der Waals surface area contributed by atoms with Gasteiger partial charge < -0.3 is 20.1 Å². The summed E-state index contributed by atoms with van der Waals surface area (Å²) in [5.74, 6) is -1.05. The summed E-state index contributed by atoms with van der Waals surface area (Å²) in [4.78, 5) is 25.8. The minimum atomic E-state index is -0.604. The predicted octanol–water partition coefficient (Wildman–Crippen LogP) is 3.34. The normalized spacial score (nSPS) is 12.6. The Hall–Kier alpha value is -3.72. The number of carbonyl (C=O) groups is 2. The SMILES string of the molecule is COC[C@H](C)NC(=O)C[C@H](NC(=O)c1cc(OC)n(-c2ccccc2F)n1)c1ccccc1C. The molecule has 0 radical (unpaired) electrons. The van der Waals surface area contributed by atoms with Gasteiger partial charge in [0.25, 0.3) is 5.91 Å². The van der Waals surface area contributed by atoms with Gasteiger partial charge in [0, 0.05) is 19.2 Å². The number of amides is 2. The van der Waals surface area contributed by atoms with Gasteiger partial charge in [0.2, 0.25) is 11.8 Å². The Bertz CT molecular complexity index is 1150. The van der Waals surface area contributed by atoms with E-state index in [1.807, 2.05) is 38.1 Å². The van der Waals surface area contributed by atoms with Crippen LogP contribution in [0.3, 0.4) is 0 Å². The second kappa shape index (κ2) is 11.4.